The Morgan fingerprint density at radius 3 is 1.65 bits per heavy atom. The number of carboxylic acid groups (broad SMARTS) is 2. The van der Waals surface area contributed by atoms with E-state index >= 15 is 0 Å². The second-order valence-corrected chi connectivity index (χ2v) is 9.17. The highest BCUT2D eigenvalue weighted by Crippen LogP contribution is 2.41. The largest absolute Gasteiger partial charge is 0.478 e. The van der Waals surface area contributed by atoms with Crippen LogP contribution in [-0.2, 0) is 5.41 Å². The molecule has 0 aromatic heterocycles. The summed E-state index contributed by atoms with van der Waals surface area (Å²) in [6.45, 7) is 12.1. The molecule has 0 bridgehead atoms. The maximum absolute atomic E-state index is 12.1. The van der Waals surface area contributed by atoms with Gasteiger partial charge in [-0.3, -0.25) is 0 Å². The van der Waals surface area contributed by atoms with Crippen molar-refractivity contribution in [1.82, 2.24) is 0 Å². The lowest BCUT2D eigenvalue weighted by atomic mass is 9.79. The molecular weight excluding hydrogens is 388 g/mol. The van der Waals surface area contributed by atoms with Crippen molar-refractivity contribution in [3.63, 3.8) is 0 Å². The topological polar surface area (TPSA) is 74.6 Å². The summed E-state index contributed by atoms with van der Waals surface area (Å²) in [5.74, 6) is -2.02. The molecule has 31 heavy (non-hydrogen) atoms. The van der Waals surface area contributed by atoms with E-state index in [0.29, 0.717) is 11.1 Å². The van der Waals surface area contributed by atoms with E-state index in [-0.39, 0.29) is 16.5 Å². The number of hydrogen-bond donors (Lipinski definition) is 2. The SMILES string of the molecule is Cc1ccc(C(=O)O)c(-c2cc(C(C)(C)C)cc(C)c2-c2cc(C)ccc2C(=O)O)c1. The van der Waals surface area contributed by atoms with Gasteiger partial charge in [0.15, 0.2) is 0 Å². The normalized spacial score (nSPS) is 11.4. The monoisotopic (exact) mass is 416 g/mol. The molecule has 4 heteroatoms. The number of carboxylic acids is 2. The summed E-state index contributed by atoms with van der Waals surface area (Å²) >= 11 is 0. The number of hydrogen-bond acceptors (Lipinski definition) is 2. The smallest absolute Gasteiger partial charge is 0.336 e. The van der Waals surface area contributed by atoms with Gasteiger partial charge in [-0.25, -0.2) is 9.59 Å². The highest BCUT2D eigenvalue weighted by molar-refractivity contribution is 6.03. The molecule has 0 heterocycles. The quantitative estimate of drug-likeness (QED) is 0.500. The van der Waals surface area contributed by atoms with E-state index in [1.54, 1.807) is 24.3 Å². The molecule has 2 N–H and O–H groups in total. The van der Waals surface area contributed by atoms with E-state index in [0.717, 1.165) is 33.4 Å². The molecule has 0 aliphatic rings. The molecule has 0 radical (unpaired) electrons. The molecule has 0 amide bonds. The Morgan fingerprint density at radius 2 is 1.16 bits per heavy atom. The Hall–Kier alpha value is -3.40. The van der Waals surface area contributed by atoms with E-state index in [2.05, 4.69) is 26.8 Å². The lowest BCUT2D eigenvalue weighted by Gasteiger charge is -2.25. The lowest BCUT2D eigenvalue weighted by molar-refractivity contribution is 0.0686. The predicted molar refractivity (Wildman–Crippen MR) is 124 cm³/mol. The van der Waals surface area contributed by atoms with Gasteiger partial charge >= 0.3 is 11.9 Å². The van der Waals surface area contributed by atoms with Gasteiger partial charge in [0.2, 0.25) is 0 Å². The van der Waals surface area contributed by atoms with Crippen LogP contribution in [0.15, 0.2) is 48.5 Å². The van der Waals surface area contributed by atoms with Crippen LogP contribution in [0.5, 0.6) is 0 Å². The summed E-state index contributed by atoms with van der Waals surface area (Å²) in [5, 5.41) is 19.7. The lowest BCUT2D eigenvalue weighted by Crippen LogP contribution is -2.13. The van der Waals surface area contributed by atoms with Crippen LogP contribution in [0.25, 0.3) is 22.3 Å². The van der Waals surface area contributed by atoms with Gasteiger partial charge in [0.1, 0.15) is 0 Å². The fourth-order valence-electron chi connectivity index (χ4n) is 3.91. The Kier molecular flexibility index (Phi) is 5.77. The van der Waals surface area contributed by atoms with Gasteiger partial charge in [0.25, 0.3) is 0 Å². The Bertz CT molecular complexity index is 1200. The van der Waals surface area contributed by atoms with Crippen molar-refractivity contribution in [3.8, 4) is 22.3 Å². The third kappa shape index (κ3) is 4.38. The molecule has 0 aliphatic carbocycles. The molecule has 0 spiro atoms. The van der Waals surface area contributed by atoms with Crippen molar-refractivity contribution in [1.29, 1.82) is 0 Å². The van der Waals surface area contributed by atoms with Crippen molar-refractivity contribution < 1.29 is 19.8 Å². The third-order valence-electron chi connectivity index (χ3n) is 5.57. The number of benzene rings is 3. The Labute approximate surface area is 183 Å². The maximum Gasteiger partial charge on any atom is 0.336 e. The van der Waals surface area contributed by atoms with Crippen LogP contribution in [-0.4, -0.2) is 22.2 Å². The maximum atomic E-state index is 12.1. The standard InChI is InChI=1S/C27H28O4/c1-15-7-9-19(25(28)29)21(11-15)23-14-18(27(4,5)6)13-17(3)24(23)22-12-16(2)8-10-20(22)26(30)31/h7-14H,1-6H3,(H,28,29)(H,30,31). The molecule has 160 valence electrons. The molecular formula is C27H28O4. The average molecular weight is 417 g/mol. The molecule has 3 aromatic rings. The van der Waals surface area contributed by atoms with Crippen LogP contribution in [0.1, 0.15) is 63.7 Å². The third-order valence-corrected chi connectivity index (χ3v) is 5.57. The van der Waals surface area contributed by atoms with Crippen LogP contribution < -0.4 is 0 Å². The van der Waals surface area contributed by atoms with E-state index in [9.17, 15) is 19.8 Å². The summed E-state index contributed by atoms with van der Waals surface area (Å²) in [6, 6.07) is 14.6. The Balaban J connectivity index is 2.52. The van der Waals surface area contributed by atoms with E-state index in [1.165, 1.54) is 0 Å². The molecule has 0 fully saturated rings. The number of rotatable bonds is 4. The first-order valence-electron chi connectivity index (χ1n) is 10.2. The zero-order chi connectivity index (χ0) is 23.1. The van der Waals surface area contributed by atoms with Gasteiger partial charge in [-0.2, -0.15) is 0 Å². The molecule has 3 rings (SSSR count). The molecule has 0 unspecified atom stereocenters. The van der Waals surface area contributed by atoms with Crippen molar-refractivity contribution in [2.24, 2.45) is 0 Å². The van der Waals surface area contributed by atoms with Crippen molar-refractivity contribution in [3.05, 3.63) is 81.9 Å². The summed E-state index contributed by atoms with van der Waals surface area (Å²) < 4.78 is 0. The summed E-state index contributed by atoms with van der Waals surface area (Å²) in [5.41, 5.74) is 6.76. The van der Waals surface area contributed by atoms with E-state index in [1.807, 2.05) is 39.0 Å². The predicted octanol–water partition coefficient (Wildman–Crippen LogP) is 6.64. The summed E-state index contributed by atoms with van der Waals surface area (Å²) in [4.78, 5) is 24.1. The number of aryl methyl sites for hydroxylation is 3. The zero-order valence-electron chi connectivity index (χ0n) is 18.8. The molecule has 4 nitrogen and oxygen atoms in total. The molecule has 0 saturated heterocycles. The highest BCUT2D eigenvalue weighted by Gasteiger charge is 2.24. The minimum Gasteiger partial charge on any atom is -0.478 e. The number of carbonyl (C=O) groups is 2. The van der Waals surface area contributed by atoms with Gasteiger partial charge < -0.3 is 10.2 Å². The van der Waals surface area contributed by atoms with Gasteiger partial charge in [-0.1, -0.05) is 62.2 Å². The first-order valence-corrected chi connectivity index (χ1v) is 10.2. The summed E-state index contributed by atoms with van der Waals surface area (Å²) in [7, 11) is 0. The highest BCUT2D eigenvalue weighted by atomic mass is 16.4. The van der Waals surface area contributed by atoms with E-state index < -0.39 is 11.9 Å². The molecule has 0 aliphatic heterocycles. The van der Waals surface area contributed by atoms with Crippen molar-refractivity contribution in [2.45, 2.75) is 47.0 Å². The van der Waals surface area contributed by atoms with Crippen LogP contribution in [0.4, 0.5) is 0 Å². The van der Waals surface area contributed by atoms with Gasteiger partial charge in [-0.15, -0.1) is 0 Å². The Morgan fingerprint density at radius 1 is 0.677 bits per heavy atom. The minimum atomic E-state index is -1.01. The van der Waals surface area contributed by atoms with Crippen LogP contribution in [0.3, 0.4) is 0 Å². The first kappa shape index (κ1) is 22.3. The van der Waals surface area contributed by atoms with Crippen LogP contribution in [0.2, 0.25) is 0 Å². The second-order valence-electron chi connectivity index (χ2n) is 9.17. The van der Waals surface area contributed by atoms with Gasteiger partial charge in [0.05, 0.1) is 11.1 Å². The van der Waals surface area contributed by atoms with Crippen LogP contribution >= 0.6 is 0 Å². The fraction of sp³-hybridized carbons (Fsp3) is 0.259. The van der Waals surface area contributed by atoms with Crippen LogP contribution in [0, 0.1) is 20.8 Å². The minimum absolute atomic E-state index is 0.159. The first-order chi connectivity index (χ1) is 14.4. The van der Waals surface area contributed by atoms with Crippen molar-refractivity contribution >= 4 is 11.9 Å². The fourth-order valence-corrected chi connectivity index (χ4v) is 3.91. The van der Waals surface area contributed by atoms with Gasteiger partial charge in [0, 0.05) is 0 Å². The number of aromatic carboxylic acids is 2. The van der Waals surface area contributed by atoms with E-state index in [4.69, 9.17) is 0 Å². The second kappa shape index (κ2) is 8.03. The average Bonchev–Trinajstić information content (AvgIpc) is 2.65. The molecule has 3 aromatic carbocycles. The summed E-state index contributed by atoms with van der Waals surface area (Å²) in [6.07, 6.45) is 0. The van der Waals surface area contributed by atoms with Crippen molar-refractivity contribution in [2.75, 3.05) is 0 Å². The van der Waals surface area contributed by atoms with Gasteiger partial charge in [-0.05, 0) is 77.8 Å². The zero-order valence-corrected chi connectivity index (χ0v) is 18.8. The molecule has 0 saturated carbocycles. The molecule has 0 atom stereocenters.